The summed E-state index contributed by atoms with van der Waals surface area (Å²) in [6.45, 7) is 3.96. The summed E-state index contributed by atoms with van der Waals surface area (Å²) in [6.07, 6.45) is 0. The number of benzene rings is 3. The lowest BCUT2D eigenvalue weighted by Gasteiger charge is -2.10. The van der Waals surface area contributed by atoms with Crippen molar-refractivity contribution in [3.63, 3.8) is 0 Å². The van der Waals surface area contributed by atoms with Gasteiger partial charge in [0.1, 0.15) is 11.6 Å². The van der Waals surface area contributed by atoms with Crippen LogP contribution in [0.4, 0.5) is 4.39 Å². The van der Waals surface area contributed by atoms with Crippen LogP contribution in [0, 0.1) is 19.7 Å². The monoisotopic (exact) mass is 302 g/mol. The number of hydrogen-bond acceptors (Lipinski definition) is 2. The molecule has 4 rings (SSSR count). The zero-order chi connectivity index (χ0) is 16.0. The molecule has 0 spiro atoms. The highest BCUT2D eigenvalue weighted by molar-refractivity contribution is 6.09. The highest BCUT2D eigenvalue weighted by atomic mass is 19.1. The second-order valence-corrected chi connectivity index (χ2v) is 5.76. The first-order chi connectivity index (χ1) is 11.1. The molecule has 0 bridgehead atoms. The fraction of sp³-hybridized carbons (Fsp3) is 0.100. The maximum Gasteiger partial charge on any atom is 0.126 e. The van der Waals surface area contributed by atoms with Crippen LogP contribution in [0.15, 0.2) is 54.6 Å². The van der Waals surface area contributed by atoms with Gasteiger partial charge in [-0.1, -0.05) is 36.4 Å². The topological polar surface area (TPSA) is 25.8 Å². The number of hydrogen-bond donors (Lipinski definition) is 0. The van der Waals surface area contributed by atoms with E-state index in [2.05, 4.69) is 35.1 Å². The number of rotatable bonds is 1. The van der Waals surface area contributed by atoms with Crippen molar-refractivity contribution in [1.82, 2.24) is 9.97 Å². The molecule has 4 aromatic rings. The van der Waals surface area contributed by atoms with Gasteiger partial charge in [-0.25, -0.2) is 14.4 Å². The smallest absolute Gasteiger partial charge is 0.126 e. The number of fused-ring (bicyclic) bond motifs is 3. The van der Waals surface area contributed by atoms with Crippen LogP contribution in [-0.4, -0.2) is 9.97 Å². The first-order valence-electron chi connectivity index (χ1n) is 7.56. The number of nitrogens with zero attached hydrogens (tertiary/aromatic N) is 2. The minimum atomic E-state index is -0.261. The van der Waals surface area contributed by atoms with Crippen LogP contribution in [0.1, 0.15) is 11.4 Å². The Morgan fingerprint density at radius 3 is 2.39 bits per heavy atom. The van der Waals surface area contributed by atoms with E-state index in [0.29, 0.717) is 5.82 Å². The SMILES string of the molecule is Cc1nc(-c2cccc(F)c2)c2ccc3c(C)cccc3c2n1. The Morgan fingerprint density at radius 1 is 0.783 bits per heavy atom. The van der Waals surface area contributed by atoms with E-state index in [4.69, 9.17) is 0 Å². The molecule has 0 atom stereocenters. The molecule has 1 heterocycles. The van der Waals surface area contributed by atoms with E-state index < -0.39 is 0 Å². The van der Waals surface area contributed by atoms with E-state index >= 15 is 0 Å². The normalized spacial score (nSPS) is 11.3. The zero-order valence-electron chi connectivity index (χ0n) is 13.0. The van der Waals surface area contributed by atoms with Gasteiger partial charge in [0, 0.05) is 16.3 Å². The third-order valence-electron chi connectivity index (χ3n) is 4.15. The van der Waals surface area contributed by atoms with Crippen molar-refractivity contribution in [3.05, 3.63) is 71.8 Å². The van der Waals surface area contributed by atoms with E-state index in [0.717, 1.165) is 27.5 Å². The van der Waals surface area contributed by atoms with E-state index in [-0.39, 0.29) is 5.82 Å². The predicted octanol–water partition coefficient (Wildman–Crippen LogP) is 5.21. The third kappa shape index (κ3) is 2.25. The molecule has 0 aliphatic rings. The van der Waals surface area contributed by atoms with Crippen LogP contribution in [0.2, 0.25) is 0 Å². The van der Waals surface area contributed by atoms with Crippen LogP contribution in [0.5, 0.6) is 0 Å². The van der Waals surface area contributed by atoms with Crippen LogP contribution < -0.4 is 0 Å². The van der Waals surface area contributed by atoms with Gasteiger partial charge in [-0.2, -0.15) is 0 Å². The van der Waals surface area contributed by atoms with Gasteiger partial charge in [0.2, 0.25) is 0 Å². The van der Waals surface area contributed by atoms with E-state index in [1.54, 1.807) is 6.07 Å². The average Bonchev–Trinajstić information content (AvgIpc) is 2.54. The maximum atomic E-state index is 13.6. The Hall–Kier alpha value is -2.81. The first-order valence-corrected chi connectivity index (χ1v) is 7.56. The molecule has 0 N–H and O–H groups in total. The molecule has 0 unspecified atom stereocenters. The second-order valence-electron chi connectivity index (χ2n) is 5.76. The van der Waals surface area contributed by atoms with Crippen molar-refractivity contribution in [3.8, 4) is 11.3 Å². The van der Waals surface area contributed by atoms with Gasteiger partial charge in [-0.3, -0.25) is 0 Å². The van der Waals surface area contributed by atoms with Gasteiger partial charge >= 0.3 is 0 Å². The molecule has 0 fully saturated rings. The Bertz CT molecular complexity index is 1050. The Balaban J connectivity index is 2.14. The minimum absolute atomic E-state index is 0.261. The van der Waals surface area contributed by atoms with Crippen molar-refractivity contribution in [2.24, 2.45) is 0 Å². The minimum Gasteiger partial charge on any atom is -0.233 e. The lowest BCUT2D eigenvalue weighted by molar-refractivity contribution is 0.628. The zero-order valence-corrected chi connectivity index (χ0v) is 13.0. The quantitative estimate of drug-likeness (QED) is 0.451. The van der Waals surface area contributed by atoms with E-state index in [1.165, 1.54) is 23.1 Å². The summed E-state index contributed by atoms with van der Waals surface area (Å²) in [6, 6.07) is 16.9. The van der Waals surface area contributed by atoms with Crippen LogP contribution in [-0.2, 0) is 0 Å². The van der Waals surface area contributed by atoms with Gasteiger partial charge in [0.05, 0.1) is 11.2 Å². The highest BCUT2D eigenvalue weighted by Gasteiger charge is 2.12. The molecule has 0 aliphatic heterocycles. The van der Waals surface area contributed by atoms with E-state index in [9.17, 15) is 4.39 Å². The Morgan fingerprint density at radius 2 is 1.57 bits per heavy atom. The van der Waals surface area contributed by atoms with Gasteiger partial charge in [-0.15, -0.1) is 0 Å². The summed E-state index contributed by atoms with van der Waals surface area (Å²) in [5.41, 5.74) is 3.67. The third-order valence-corrected chi connectivity index (χ3v) is 4.15. The van der Waals surface area contributed by atoms with Crippen LogP contribution in [0.25, 0.3) is 32.9 Å². The molecule has 0 saturated heterocycles. The fourth-order valence-corrected chi connectivity index (χ4v) is 3.08. The summed E-state index contributed by atoms with van der Waals surface area (Å²) < 4.78 is 13.6. The molecular formula is C20H15FN2. The molecule has 0 radical (unpaired) electrons. The predicted molar refractivity (Wildman–Crippen MR) is 91.9 cm³/mol. The second kappa shape index (κ2) is 5.13. The maximum absolute atomic E-state index is 13.6. The van der Waals surface area contributed by atoms with Crippen molar-refractivity contribution < 1.29 is 4.39 Å². The Labute approximate surface area is 133 Å². The molecule has 3 heteroatoms. The van der Waals surface area contributed by atoms with Gasteiger partial charge in [0.15, 0.2) is 0 Å². The molecule has 112 valence electrons. The average molecular weight is 302 g/mol. The van der Waals surface area contributed by atoms with Crippen molar-refractivity contribution >= 4 is 21.7 Å². The molecule has 1 aromatic heterocycles. The summed E-state index contributed by atoms with van der Waals surface area (Å²) in [5.74, 6) is 0.425. The lowest BCUT2D eigenvalue weighted by Crippen LogP contribution is -1.95. The molecule has 2 nitrogen and oxygen atoms in total. The summed E-state index contributed by atoms with van der Waals surface area (Å²) in [7, 11) is 0. The molecule has 23 heavy (non-hydrogen) atoms. The fourth-order valence-electron chi connectivity index (χ4n) is 3.08. The van der Waals surface area contributed by atoms with Crippen molar-refractivity contribution in [2.75, 3.05) is 0 Å². The number of halogens is 1. The summed E-state index contributed by atoms with van der Waals surface area (Å²) >= 11 is 0. The molecule has 0 aliphatic carbocycles. The molecular weight excluding hydrogens is 287 g/mol. The lowest BCUT2D eigenvalue weighted by atomic mass is 9.99. The first kappa shape index (κ1) is 13.8. The van der Waals surface area contributed by atoms with Gasteiger partial charge < -0.3 is 0 Å². The largest absolute Gasteiger partial charge is 0.233 e. The van der Waals surface area contributed by atoms with Gasteiger partial charge in [0.25, 0.3) is 0 Å². The Kier molecular flexibility index (Phi) is 3.08. The molecule has 0 saturated carbocycles. The standard InChI is InChI=1S/C20H15FN2/c1-12-5-3-8-17-16(12)9-10-18-19(22-13(2)23-20(17)18)14-6-4-7-15(21)11-14/h3-11H,1-2H3. The summed E-state index contributed by atoms with van der Waals surface area (Å²) in [5, 5.41) is 3.23. The van der Waals surface area contributed by atoms with E-state index in [1.807, 2.05) is 25.1 Å². The molecule has 0 amide bonds. The highest BCUT2D eigenvalue weighted by Crippen LogP contribution is 2.32. The van der Waals surface area contributed by atoms with Crippen LogP contribution >= 0.6 is 0 Å². The van der Waals surface area contributed by atoms with Crippen molar-refractivity contribution in [2.45, 2.75) is 13.8 Å². The number of aryl methyl sites for hydroxylation is 2. The summed E-state index contributed by atoms with van der Waals surface area (Å²) in [4.78, 5) is 9.21. The molecule has 3 aromatic carbocycles. The van der Waals surface area contributed by atoms with Crippen molar-refractivity contribution in [1.29, 1.82) is 0 Å². The van der Waals surface area contributed by atoms with Crippen LogP contribution in [0.3, 0.4) is 0 Å². The number of aromatic nitrogens is 2. The van der Waals surface area contributed by atoms with Gasteiger partial charge in [-0.05, 0) is 43.0 Å².